The number of aryl methyl sites for hydroxylation is 1. The van der Waals surface area contributed by atoms with Crippen LogP contribution in [0.1, 0.15) is 21.6 Å². The van der Waals surface area contributed by atoms with Crippen LogP contribution in [0.5, 0.6) is 0 Å². The third kappa shape index (κ3) is 4.41. The zero-order valence-corrected chi connectivity index (χ0v) is 13.2. The summed E-state index contributed by atoms with van der Waals surface area (Å²) in [4.78, 5) is 16.0. The van der Waals surface area contributed by atoms with Gasteiger partial charge in [-0.2, -0.15) is 0 Å². The van der Waals surface area contributed by atoms with E-state index in [9.17, 15) is 13.2 Å². The van der Waals surface area contributed by atoms with Crippen LogP contribution in [0.25, 0.3) is 6.08 Å². The fourth-order valence-corrected chi connectivity index (χ4v) is 2.72. The standard InChI is InChI=1S/C15H13ClN2O3S/c1-11-10-12(16)5-6-14(11)15(19)18-22(20,21)9-7-13-4-2-3-8-17-13/h2-10H,1H3,(H,18,19)/b9-7+. The molecule has 0 radical (unpaired) electrons. The third-order valence-corrected chi connectivity index (χ3v) is 3.97. The molecule has 1 aromatic heterocycles. The van der Waals surface area contributed by atoms with Gasteiger partial charge in [0.15, 0.2) is 0 Å². The summed E-state index contributed by atoms with van der Waals surface area (Å²) in [6.45, 7) is 1.68. The number of halogens is 1. The molecule has 0 bridgehead atoms. The number of aromatic nitrogens is 1. The quantitative estimate of drug-likeness (QED) is 0.931. The Balaban J connectivity index is 2.14. The Bertz CT molecular complexity index is 818. The van der Waals surface area contributed by atoms with Crippen molar-refractivity contribution in [2.75, 3.05) is 0 Å². The summed E-state index contributed by atoms with van der Waals surface area (Å²) in [6, 6.07) is 9.70. The van der Waals surface area contributed by atoms with Gasteiger partial charge >= 0.3 is 0 Å². The van der Waals surface area contributed by atoms with Crippen molar-refractivity contribution in [1.29, 1.82) is 0 Å². The number of pyridine rings is 1. The van der Waals surface area contributed by atoms with Gasteiger partial charge in [0.25, 0.3) is 15.9 Å². The summed E-state index contributed by atoms with van der Waals surface area (Å²) in [5.41, 5.74) is 1.32. The van der Waals surface area contributed by atoms with Gasteiger partial charge in [-0.1, -0.05) is 17.7 Å². The molecule has 22 heavy (non-hydrogen) atoms. The monoisotopic (exact) mass is 336 g/mol. The van der Waals surface area contributed by atoms with Crippen LogP contribution in [-0.4, -0.2) is 19.3 Å². The molecule has 0 unspecified atom stereocenters. The third-order valence-electron chi connectivity index (χ3n) is 2.77. The summed E-state index contributed by atoms with van der Waals surface area (Å²) >= 11 is 5.80. The topological polar surface area (TPSA) is 76.1 Å². The van der Waals surface area contributed by atoms with Gasteiger partial charge in [-0.15, -0.1) is 0 Å². The molecule has 0 saturated heterocycles. The fraction of sp³-hybridized carbons (Fsp3) is 0.0667. The van der Waals surface area contributed by atoms with Crippen LogP contribution in [0.2, 0.25) is 5.02 Å². The highest BCUT2D eigenvalue weighted by Gasteiger charge is 2.15. The SMILES string of the molecule is Cc1cc(Cl)ccc1C(=O)NS(=O)(=O)/C=C/c1ccccn1. The number of carbonyl (C=O) groups excluding carboxylic acids is 1. The molecule has 114 valence electrons. The molecule has 1 heterocycles. The number of amides is 1. The highest BCUT2D eigenvalue weighted by Crippen LogP contribution is 2.15. The molecular formula is C15H13ClN2O3S. The lowest BCUT2D eigenvalue weighted by Crippen LogP contribution is -2.29. The number of nitrogens with one attached hydrogen (secondary N) is 1. The molecule has 0 fully saturated rings. The molecule has 1 N–H and O–H groups in total. The molecule has 0 aliphatic carbocycles. The zero-order valence-electron chi connectivity index (χ0n) is 11.7. The number of hydrogen-bond acceptors (Lipinski definition) is 4. The van der Waals surface area contributed by atoms with Crippen LogP contribution in [0, 0.1) is 6.92 Å². The Morgan fingerprint density at radius 3 is 2.68 bits per heavy atom. The van der Waals surface area contributed by atoms with Gasteiger partial charge in [0.2, 0.25) is 0 Å². The van der Waals surface area contributed by atoms with Crippen molar-refractivity contribution < 1.29 is 13.2 Å². The zero-order chi connectivity index (χ0) is 16.2. The molecule has 0 aliphatic heterocycles. The van der Waals surface area contributed by atoms with Crippen molar-refractivity contribution in [3.05, 3.63) is 69.8 Å². The van der Waals surface area contributed by atoms with Crippen molar-refractivity contribution in [2.24, 2.45) is 0 Å². The molecule has 1 amide bonds. The maximum atomic E-state index is 12.0. The van der Waals surface area contributed by atoms with Crippen molar-refractivity contribution in [1.82, 2.24) is 9.71 Å². The molecule has 0 atom stereocenters. The molecule has 7 heteroatoms. The fourth-order valence-electron chi connectivity index (χ4n) is 1.73. The maximum absolute atomic E-state index is 12.0. The minimum Gasteiger partial charge on any atom is -0.268 e. The molecule has 0 aliphatic rings. The second kappa shape index (κ2) is 6.72. The van der Waals surface area contributed by atoms with Crippen molar-refractivity contribution in [3.8, 4) is 0 Å². The van der Waals surface area contributed by atoms with Crippen LogP contribution < -0.4 is 4.72 Å². The van der Waals surface area contributed by atoms with Gasteiger partial charge in [0.1, 0.15) is 0 Å². The van der Waals surface area contributed by atoms with E-state index >= 15 is 0 Å². The Hall–Kier alpha value is -2.18. The molecule has 0 saturated carbocycles. The first-order valence-electron chi connectivity index (χ1n) is 6.30. The lowest BCUT2D eigenvalue weighted by molar-refractivity contribution is 0.0981. The summed E-state index contributed by atoms with van der Waals surface area (Å²) in [5.74, 6) is -0.708. The van der Waals surface area contributed by atoms with E-state index in [2.05, 4.69) is 4.98 Å². The Morgan fingerprint density at radius 1 is 1.27 bits per heavy atom. The number of benzene rings is 1. The van der Waals surface area contributed by atoms with Crippen molar-refractivity contribution in [2.45, 2.75) is 6.92 Å². The second-order valence-electron chi connectivity index (χ2n) is 4.49. The molecule has 2 aromatic rings. The van der Waals surface area contributed by atoms with Gasteiger partial charge in [0.05, 0.1) is 11.1 Å². The van der Waals surface area contributed by atoms with E-state index in [1.54, 1.807) is 37.4 Å². The molecule has 2 rings (SSSR count). The highest BCUT2D eigenvalue weighted by atomic mass is 35.5. The van der Waals surface area contributed by atoms with E-state index in [-0.39, 0.29) is 5.56 Å². The number of rotatable bonds is 4. The number of nitrogens with zero attached hydrogens (tertiary/aromatic N) is 1. The normalized spacial score (nSPS) is 11.5. The van der Waals surface area contributed by atoms with Crippen molar-refractivity contribution in [3.63, 3.8) is 0 Å². The summed E-state index contributed by atoms with van der Waals surface area (Å²) in [7, 11) is -3.91. The first-order valence-corrected chi connectivity index (χ1v) is 8.22. The summed E-state index contributed by atoms with van der Waals surface area (Å²) < 4.78 is 25.8. The van der Waals surface area contributed by atoms with Crippen molar-refractivity contribution >= 4 is 33.6 Å². The van der Waals surface area contributed by atoms with Crippen LogP contribution in [0.3, 0.4) is 0 Å². The first-order chi connectivity index (χ1) is 10.4. The Kier molecular flexibility index (Phi) is 4.95. The molecule has 1 aromatic carbocycles. The van der Waals surface area contributed by atoms with Crippen LogP contribution in [0.4, 0.5) is 0 Å². The van der Waals surface area contributed by atoms with E-state index < -0.39 is 15.9 Å². The van der Waals surface area contributed by atoms with Crippen LogP contribution in [0.15, 0.2) is 48.0 Å². The maximum Gasteiger partial charge on any atom is 0.265 e. The van der Waals surface area contributed by atoms with Crippen LogP contribution in [-0.2, 0) is 10.0 Å². The average Bonchev–Trinajstić information content (AvgIpc) is 2.45. The van der Waals surface area contributed by atoms with E-state index in [1.165, 1.54) is 18.2 Å². The van der Waals surface area contributed by atoms with Gasteiger partial charge in [-0.05, 0) is 48.9 Å². The highest BCUT2D eigenvalue weighted by molar-refractivity contribution is 7.93. The van der Waals surface area contributed by atoms with Gasteiger partial charge in [-0.3, -0.25) is 9.78 Å². The van der Waals surface area contributed by atoms with Crippen LogP contribution >= 0.6 is 11.6 Å². The lowest BCUT2D eigenvalue weighted by atomic mass is 10.1. The summed E-state index contributed by atoms with van der Waals surface area (Å²) in [6.07, 6.45) is 2.85. The minimum absolute atomic E-state index is 0.249. The van der Waals surface area contributed by atoms with Gasteiger partial charge < -0.3 is 0 Å². The number of carbonyl (C=O) groups is 1. The average molecular weight is 337 g/mol. The van der Waals surface area contributed by atoms with E-state index in [0.29, 0.717) is 16.3 Å². The van der Waals surface area contributed by atoms with E-state index in [4.69, 9.17) is 11.6 Å². The Morgan fingerprint density at radius 2 is 2.05 bits per heavy atom. The molecular weight excluding hydrogens is 324 g/mol. The smallest absolute Gasteiger partial charge is 0.265 e. The van der Waals surface area contributed by atoms with E-state index in [1.807, 2.05) is 4.72 Å². The Labute approximate surface area is 133 Å². The molecule has 0 spiro atoms. The number of sulfonamides is 1. The first kappa shape index (κ1) is 16.2. The summed E-state index contributed by atoms with van der Waals surface area (Å²) in [5, 5.41) is 1.38. The largest absolute Gasteiger partial charge is 0.268 e. The lowest BCUT2D eigenvalue weighted by Gasteiger charge is -2.06. The molecule has 5 nitrogen and oxygen atoms in total. The van der Waals surface area contributed by atoms with Gasteiger partial charge in [0, 0.05) is 16.8 Å². The minimum atomic E-state index is -3.91. The second-order valence-corrected chi connectivity index (χ2v) is 6.50. The van der Waals surface area contributed by atoms with E-state index in [0.717, 1.165) is 5.41 Å². The number of hydrogen-bond donors (Lipinski definition) is 1. The predicted molar refractivity (Wildman–Crippen MR) is 85.8 cm³/mol. The van der Waals surface area contributed by atoms with Gasteiger partial charge in [-0.25, -0.2) is 13.1 Å². The predicted octanol–water partition coefficient (Wildman–Crippen LogP) is 2.77.